The van der Waals surface area contributed by atoms with Gasteiger partial charge in [-0.2, -0.15) is 5.10 Å². The molecular formula is C11H22N4. The summed E-state index contributed by atoms with van der Waals surface area (Å²) in [5.74, 6) is 1.08. The van der Waals surface area contributed by atoms with Crippen molar-refractivity contribution < 1.29 is 0 Å². The number of aryl methyl sites for hydroxylation is 2. The molecule has 0 aromatic carbocycles. The van der Waals surface area contributed by atoms with Crippen LogP contribution in [0.25, 0.3) is 0 Å². The molecular weight excluding hydrogens is 188 g/mol. The largest absolute Gasteiger partial charge is 0.314 e. The lowest BCUT2D eigenvalue weighted by atomic mass is 10.1. The summed E-state index contributed by atoms with van der Waals surface area (Å²) in [7, 11) is 1.95. The van der Waals surface area contributed by atoms with Crippen LogP contribution in [0.3, 0.4) is 0 Å². The molecule has 0 radical (unpaired) electrons. The van der Waals surface area contributed by atoms with Gasteiger partial charge in [-0.05, 0) is 32.7 Å². The van der Waals surface area contributed by atoms with Crippen molar-refractivity contribution in [3.05, 3.63) is 12.2 Å². The summed E-state index contributed by atoms with van der Waals surface area (Å²) in [6.45, 7) is 5.55. The molecule has 1 aromatic heterocycles. The fourth-order valence-corrected chi connectivity index (χ4v) is 1.61. The third kappa shape index (κ3) is 4.42. The van der Waals surface area contributed by atoms with Crippen LogP contribution in [0.1, 0.15) is 38.9 Å². The van der Waals surface area contributed by atoms with E-state index in [2.05, 4.69) is 29.2 Å². The number of hydrogen-bond acceptors (Lipinski definition) is 3. The first-order valence-corrected chi connectivity index (χ1v) is 5.80. The zero-order valence-corrected chi connectivity index (χ0v) is 10.0. The first kappa shape index (κ1) is 12.2. The Labute approximate surface area is 92.1 Å². The zero-order chi connectivity index (χ0) is 11.1. The second kappa shape index (κ2) is 6.56. The van der Waals surface area contributed by atoms with Crippen molar-refractivity contribution >= 4 is 0 Å². The molecule has 0 spiro atoms. The van der Waals surface area contributed by atoms with Crippen LogP contribution in [-0.2, 0) is 13.5 Å². The summed E-state index contributed by atoms with van der Waals surface area (Å²) in [5.41, 5.74) is 0. The highest BCUT2D eigenvalue weighted by Gasteiger charge is 2.03. The minimum atomic E-state index is 0.609. The predicted molar refractivity (Wildman–Crippen MR) is 61.7 cm³/mol. The number of nitrogens with one attached hydrogen (secondary N) is 1. The summed E-state index contributed by atoms with van der Waals surface area (Å²) >= 11 is 0. The van der Waals surface area contributed by atoms with Gasteiger partial charge in [0.2, 0.25) is 0 Å². The second-order valence-corrected chi connectivity index (χ2v) is 4.05. The van der Waals surface area contributed by atoms with Crippen molar-refractivity contribution in [1.29, 1.82) is 0 Å². The number of hydrogen-bond donors (Lipinski definition) is 1. The van der Waals surface area contributed by atoms with E-state index in [9.17, 15) is 0 Å². The third-order valence-corrected chi connectivity index (χ3v) is 2.59. The number of aromatic nitrogens is 3. The molecule has 1 heterocycles. The minimum absolute atomic E-state index is 0.609. The molecule has 0 saturated carbocycles. The maximum Gasteiger partial charge on any atom is 0.138 e. The predicted octanol–water partition coefficient (Wildman–Crippen LogP) is 1.53. The maximum absolute atomic E-state index is 4.21. The molecule has 1 unspecified atom stereocenters. The van der Waals surface area contributed by atoms with E-state index >= 15 is 0 Å². The molecule has 0 aliphatic carbocycles. The highest BCUT2D eigenvalue weighted by molar-refractivity contribution is 4.83. The summed E-state index contributed by atoms with van der Waals surface area (Å²) in [5, 5.41) is 7.54. The van der Waals surface area contributed by atoms with Crippen LogP contribution in [0.4, 0.5) is 0 Å². The van der Waals surface area contributed by atoms with Gasteiger partial charge in [0.25, 0.3) is 0 Å². The van der Waals surface area contributed by atoms with Crippen molar-refractivity contribution in [1.82, 2.24) is 20.1 Å². The Morgan fingerprint density at radius 1 is 1.53 bits per heavy atom. The molecule has 4 nitrogen and oxygen atoms in total. The molecule has 1 atom stereocenters. The number of nitrogens with zero attached hydrogens (tertiary/aromatic N) is 3. The van der Waals surface area contributed by atoms with Crippen LogP contribution in [0.15, 0.2) is 6.33 Å². The monoisotopic (exact) mass is 210 g/mol. The van der Waals surface area contributed by atoms with E-state index in [0.717, 1.165) is 18.8 Å². The first-order valence-electron chi connectivity index (χ1n) is 5.80. The molecule has 1 aromatic rings. The van der Waals surface area contributed by atoms with Crippen molar-refractivity contribution in [2.75, 3.05) is 6.54 Å². The Morgan fingerprint density at radius 2 is 2.33 bits per heavy atom. The highest BCUT2D eigenvalue weighted by atomic mass is 15.3. The molecule has 1 rings (SSSR count). The van der Waals surface area contributed by atoms with Gasteiger partial charge in [0.15, 0.2) is 0 Å². The lowest BCUT2D eigenvalue weighted by Crippen LogP contribution is -2.26. The maximum atomic E-state index is 4.21. The Morgan fingerprint density at radius 3 is 2.93 bits per heavy atom. The average molecular weight is 210 g/mol. The van der Waals surface area contributed by atoms with Crippen LogP contribution in [0, 0.1) is 0 Å². The molecule has 86 valence electrons. The van der Waals surface area contributed by atoms with Gasteiger partial charge in [-0.15, -0.1) is 0 Å². The van der Waals surface area contributed by atoms with Crippen LogP contribution in [0.2, 0.25) is 0 Å². The first-order chi connectivity index (χ1) is 7.24. The lowest BCUT2D eigenvalue weighted by Gasteiger charge is -2.12. The van der Waals surface area contributed by atoms with Crippen molar-refractivity contribution in [2.24, 2.45) is 7.05 Å². The van der Waals surface area contributed by atoms with Gasteiger partial charge in [0.1, 0.15) is 12.2 Å². The fraction of sp³-hybridized carbons (Fsp3) is 0.818. The van der Waals surface area contributed by atoms with Gasteiger partial charge in [-0.1, -0.05) is 6.92 Å². The van der Waals surface area contributed by atoms with E-state index in [-0.39, 0.29) is 0 Å². The smallest absolute Gasteiger partial charge is 0.138 e. The van der Waals surface area contributed by atoms with E-state index in [1.54, 1.807) is 6.33 Å². The van der Waals surface area contributed by atoms with Crippen molar-refractivity contribution in [2.45, 2.75) is 45.6 Å². The Hall–Kier alpha value is -0.900. The quantitative estimate of drug-likeness (QED) is 0.742. The van der Waals surface area contributed by atoms with E-state index in [1.807, 2.05) is 11.7 Å². The van der Waals surface area contributed by atoms with Crippen LogP contribution < -0.4 is 5.32 Å². The average Bonchev–Trinajstić information content (AvgIpc) is 2.61. The van der Waals surface area contributed by atoms with Crippen molar-refractivity contribution in [3.8, 4) is 0 Å². The molecule has 0 amide bonds. The second-order valence-electron chi connectivity index (χ2n) is 4.05. The van der Waals surface area contributed by atoms with Gasteiger partial charge in [0, 0.05) is 19.5 Å². The lowest BCUT2D eigenvalue weighted by molar-refractivity contribution is 0.492. The van der Waals surface area contributed by atoms with E-state index < -0.39 is 0 Å². The van der Waals surface area contributed by atoms with E-state index in [0.29, 0.717) is 6.04 Å². The molecule has 0 aliphatic heterocycles. The molecule has 0 bridgehead atoms. The molecule has 4 heteroatoms. The summed E-state index contributed by atoms with van der Waals surface area (Å²) in [6, 6.07) is 0.609. The summed E-state index contributed by atoms with van der Waals surface area (Å²) in [6.07, 6.45) is 6.22. The van der Waals surface area contributed by atoms with E-state index in [4.69, 9.17) is 0 Å². The molecule has 0 fully saturated rings. The Bertz CT molecular complexity index is 269. The fourth-order valence-electron chi connectivity index (χ4n) is 1.61. The van der Waals surface area contributed by atoms with E-state index in [1.165, 1.54) is 19.3 Å². The standard InChI is InChI=1S/C11H22N4/c1-4-8-12-10(2)6-5-7-11-13-9-14-15(11)3/h9-10,12H,4-8H2,1-3H3. The van der Waals surface area contributed by atoms with Crippen LogP contribution in [0.5, 0.6) is 0 Å². The van der Waals surface area contributed by atoms with Gasteiger partial charge < -0.3 is 5.32 Å². The molecule has 0 aliphatic rings. The topological polar surface area (TPSA) is 42.7 Å². The van der Waals surface area contributed by atoms with Gasteiger partial charge >= 0.3 is 0 Å². The highest BCUT2D eigenvalue weighted by Crippen LogP contribution is 2.03. The third-order valence-electron chi connectivity index (χ3n) is 2.59. The Kier molecular flexibility index (Phi) is 5.32. The van der Waals surface area contributed by atoms with Crippen molar-refractivity contribution in [3.63, 3.8) is 0 Å². The SMILES string of the molecule is CCCNC(C)CCCc1ncnn1C. The number of rotatable bonds is 7. The van der Waals surface area contributed by atoms with Crippen LogP contribution in [-0.4, -0.2) is 27.4 Å². The minimum Gasteiger partial charge on any atom is -0.314 e. The normalized spacial score (nSPS) is 13.0. The molecule has 1 N–H and O–H groups in total. The zero-order valence-electron chi connectivity index (χ0n) is 10.0. The summed E-state index contributed by atoms with van der Waals surface area (Å²) < 4.78 is 1.85. The Balaban J connectivity index is 2.13. The van der Waals surface area contributed by atoms with Crippen LogP contribution >= 0.6 is 0 Å². The molecule has 15 heavy (non-hydrogen) atoms. The molecule has 0 saturated heterocycles. The van der Waals surface area contributed by atoms with Gasteiger partial charge in [-0.25, -0.2) is 4.98 Å². The van der Waals surface area contributed by atoms with Gasteiger partial charge in [0.05, 0.1) is 0 Å². The summed E-state index contributed by atoms with van der Waals surface area (Å²) in [4.78, 5) is 4.21. The van der Waals surface area contributed by atoms with Gasteiger partial charge in [-0.3, -0.25) is 4.68 Å².